The van der Waals surface area contributed by atoms with Crippen LogP contribution in [0.15, 0.2) is 48.5 Å². The van der Waals surface area contributed by atoms with E-state index in [1.54, 1.807) is 12.1 Å². The van der Waals surface area contributed by atoms with Gasteiger partial charge in [-0.05, 0) is 49.4 Å². The third-order valence-electron chi connectivity index (χ3n) is 5.02. The summed E-state index contributed by atoms with van der Waals surface area (Å²) in [4.78, 5) is 17.0. The maximum atomic E-state index is 13.1. The molecule has 27 heavy (non-hydrogen) atoms. The first kappa shape index (κ1) is 19.3. The molecule has 0 bridgehead atoms. The minimum atomic E-state index is -0.262. The molecule has 2 aromatic rings. The molecule has 1 aliphatic rings. The van der Waals surface area contributed by atoms with Gasteiger partial charge in [-0.1, -0.05) is 24.3 Å². The van der Waals surface area contributed by atoms with Gasteiger partial charge in [-0.3, -0.25) is 4.90 Å². The number of urea groups is 1. The fourth-order valence-corrected chi connectivity index (χ4v) is 3.23. The summed E-state index contributed by atoms with van der Waals surface area (Å²) in [7, 11) is 2.13. The molecule has 1 unspecified atom stereocenters. The summed E-state index contributed by atoms with van der Waals surface area (Å²) in [6.45, 7) is 6.93. The van der Waals surface area contributed by atoms with Gasteiger partial charge in [0.15, 0.2) is 0 Å². The van der Waals surface area contributed by atoms with Crippen LogP contribution in [0.4, 0.5) is 14.9 Å². The first-order chi connectivity index (χ1) is 13.0. The SMILES string of the molecule is CC(CNC(=O)Nc1cccc(-c2ccc(F)cc2)c1)N1CCN(C)CC1. The molecule has 1 heterocycles. The number of rotatable bonds is 5. The average Bonchev–Trinajstić information content (AvgIpc) is 2.67. The highest BCUT2D eigenvalue weighted by molar-refractivity contribution is 5.90. The normalized spacial score (nSPS) is 16.7. The van der Waals surface area contributed by atoms with E-state index in [4.69, 9.17) is 0 Å². The summed E-state index contributed by atoms with van der Waals surface area (Å²) in [6.07, 6.45) is 0. The number of hydrogen-bond donors (Lipinski definition) is 2. The molecule has 0 saturated carbocycles. The van der Waals surface area contributed by atoms with Gasteiger partial charge in [-0.2, -0.15) is 0 Å². The van der Waals surface area contributed by atoms with E-state index < -0.39 is 0 Å². The minimum Gasteiger partial charge on any atom is -0.336 e. The Labute approximate surface area is 160 Å². The van der Waals surface area contributed by atoms with Gasteiger partial charge in [-0.25, -0.2) is 9.18 Å². The number of nitrogens with zero attached hydrogens (tertiary/aromatic N) is 2. The standard InChI is InChI=1S/C21H27FN4O/c1-16(26-12-10-25(2)11-13-26)15-23-21(27)24-20-5-3-4-18(14-20)17-6-8-19(22)9-7-17/h3-9,14,16H,10-13,15H2,1-2H3,(H2,23,24,27). The molecule has 1 fully saturated rings. The van der Waals surface area contributed by atoms with Gasteiger partial charge in [-0.15, -0.1) is 0 Å². The highest BCUT2D eigenvalue weighted by atomic mass is 19.1. The van der Waals surface area contributed by atoms with E-state index in [0.717, 1.165) is 37.3 Å². The summed E-state index contributed by atoms with van der Waals surface area (Å²) >= 11 is 0. The monoisotopic (exact) mass is 370 g/mol. The number of nitrogens with one attached hydrogen (secondary N) is 2. The Kier molecular flexibility index (Phi) is 6.42. The minimum absolute atomic E-state index is 0.216. The van der Waals surface area contributed by atoms with Crippen molar-refractivity contribution in [1.82, 2.24) is 15.1 Å². The maximum absolute atomic E-state index is 13.1. The molecular formula is C21H27FN4O. The average molecular weight is 370 g/mol. The summed E-state index contributed by atoms with van der Waals surface area (Å²) in [5.74, 6) is -0.262. The molecule has 6 heteroatoms. The molecule has 0 radical (unpaired) electrons. The first-order valence-electron chi connectivity index (χ1n) is 9.35. The quantitative estimate of drug-likeness (QED) is 0.849. The lowest BCUT2D eigenvalue weighted by Crippen LogP contribution is -2.51. The van der Waals surface area contributed by atoms with E-state index >= 15 is 0 Å². The van der Waals surface area contributed by atoms with Crippen molar-refractivity contribution in [3.8, 4) is 11.1 Å². The number of benzene rings is 2. The number of piperazine rings is 1. The highest BCUT2D eigenvalue weighted by Gasteiger charge is 2.19. The number of likely N-dealkylation sites (N-methyl/N-ethyl adjacent to an activating group) is 1. The van der Waals surface area contributed by atoms with Crippen LogP contribution in [-0.4, -0.2) is 61.6 Å². The van der Waals surface area contributed by atoms with E-state index in [9.17, 15) is 9.18 Å². The fourth-order valence-electron chi connectivity index (χ4n) is 3.23. The number of halogens is 1. The highest BCUT2D eigenvalue weighted by Crippen LogP contribution is 2.22. The lowest BCUT2D eigenvalue weighted by Gasteiger charge is -2.36. The third kappa shape index (κ3) is 5.52. The van der Waals surface area contributed by atoms with Crippen LogP contribution in [-0.2, 0) is 0 Å². The Morgan fingerprint density at radius 2 is 1.78 bits per heavy atom. The molecule has 0 spiro atoms. The van der Waals surface area contributed by atoms with Crippen molar-refractivity contribution < 1.29 is 9.18 Å². The fraction of sp³-hybridized carbons (Fsp3) is 0.381. The zero-order chi connectivity index (χ0) is 19.2. The van der Waals surface area contributed by atoms with Gasteiger partial charge in [0, 0.05) is 44.5 Å². The summed E-state index contributed by atoms with van der Waals surface area (Å²) in [5.41, 5.74) is 2.55. The first-order valence-corrected chi connectivity index (χ1v) is 9.35. The molecule has 2 aromatic carbocycles. The molecule has 1 saturated heterocycles. The number of carbonyl (C=O) groups excluding carboxylic acids is 1. The Bertz CT molecular complexity index is 757. The summed E-state index contributed by atoms with van der Waals surface area (Å²) < 4.78 is 13.1. The Hall–Kier alpha value is -2.44. The largest absolute Gasteiger partial charge is 0.336 e. The van der Waals surface area contributed by atoms with Crippen molar-refractivity contribution in [1.29, 1.82) is 0 Å². The van der Waals surface area contributed by atoms with Crippen molar-refractivity contribution in [2.75, 3.05) is 45.1 Å². The van der Waals surface area contributed by atoms with E-state index in [1.165, 1.54) is 12.1 Å². The van der Waals surface area contributed by atoms with Gasteiger partial charge in [0.1, 0.15) is 5.82 Å². The molecule has 144 valence electrons. The van der Waals surface area contributed by atoms with Crippen molar-refractivity contribution >= 4 is 11.7 Å². The van der Waals surface area contributed by atoms with Gasteiger partial charge in [0.25, 0.3) is 0 Å². The number of amides is 2. The molecule has 0 aliphatic carbocycles. The van der Waals surface area contributed by atoms with Crippen molar-refractivity contribution in [2.45, 2.75) is 13.0 Å². The van der Waals surface area contributed by atoms with Gasteiger partial charge >= 0.3 is 6.03 Å². The van der Waals surface area contributed by atoms with Crippen molar-refractivity contribution in [3.63, 3.8) is 0 Å². The van der Waals surface area contributed by atoms with Gasteiger partial charge < -0.3 is 15.5 Å². The van der Waals surface area contributed by atoms with E-state index in [1.807, 2.05) is 24.3 Å². The predicted octanol–water partition coefficient (Wildman–Crippen LogP) is 3.25. The van der Waals surface area contributed by atoms with Gasteiger partial charge in [0.05, 0.1) is 0 Å². The number of anilines is 1. The molecular weight excluding hydrogens is 343 g/mol. The molecule has 5 nitrogen and oxygen atoms in total. The smallest absolute Gasteiger partial charge is 0.319 e. The second kappa shape index (κ2) is 8.97. The summed E-state index contributed by atoms with van der Waals surface area (Å²) in [6, 6.07) is 13.9. The second-order valence-corrected chi connectivity index (χ2v) is 7.11. The Morgan fingerprint density at radius 1 is 1.07 bits per heavy atom. The lowest BCUT2D eigenvalue weighted by atomic mass is 10.1. The van der Waals surface area contributed by atoms with Gasteiger partial charge in [0.2, 0.25) is 0 Å². The van der Waals surface area contributed by atoms with Crippen LogP contribution in [0.1, 0.15) is 6.92 Å². The summed E-state index contributed by atoms with van der Waals surface area (Å²) in [5, 5.41) is 5.83. The van der Waals surface area contributed by atoms with Crippen molar-refractivity contribution in [3.05, 3.63) is 54.3 Å². The number of carbonyl (C=O) groups is 1. The Morgan fingerprint density at radius 3 is 2.48 bits per heavy atom. The Balaban J connectivity index is 1.52. The van der Waals surface area contributed by atoms with Crippen LogP contribution < -0.4 is 10.6 Å². The van der Waals surface area contributed by atoms with Crippen molar-refractivity contribution in [2.24, 2.45) is 0 Å². The van der Waals surface area contributed by atoms with Crippen LogP contribution >= 0.6 is 0 Å². The van der Waals surface area contributed by atoms with Crippen LogP contribution in [0.5, 0.6) is 0 Å². The van der Waals surface area contributed by atoms with Crippen LogP contribution in [0.25, 0.3) is 11.1 Å². The van der Waals surface area contributed by atoms with E-state index in [-0.39, 0.29) is 11.8 Å². The molecule has 2 N–H and O–H groups in total. The van der Waals surface area contributed by atoms with Crippen LogP contribution in [0, 0.1) is 5.82 Å². The lowest BCUT2D eigenvalue weighted by molar-refractivity contribution is 0.119. The zero-order valence-electron chi connectivity index (χ0n) is 15.9. The van der Waals surface area contributed by atoms with Crippen LogP contribution in [0.3, 0.4) is 0 Å². The predicted molar refractivity (Wildman–Crippen MR) is 107 cm³/mol. The number of hydrogen-bond acceptors (Lipinski definition) is 3. The van der Waals surface area contributed by atoms with E-state index in [0.29, 0.717) is 18.3 Å². The molecule has 1 aliphatic heterocycles. The van der Waals surface area contributed by atoms with Crippen LogP contribution in [0.2, 0.25) is 0 Å². The molecule has 3 rings (SSSR count). The zero-order valence-corrected chi connectivity index (χ0v) is 15.9. The topological polar surface area (TPSA) is 47.6 Å². The second-order valence-electron chi connectivity index (χ2n) is 7.11. The maximum Gasteiger partial charge on any atom is 0.319 e. The van der Waals surface area contributed by atoms with E-state index in [2.05, 4.69) is 34.4 Å². The molecule has 1 atom stereocenters. The third-order valence-corrected chi connectivity index (χ3v) is 5.02. The molecule has 0 aromatic heterocycles. The molecule has 2 amide bonds.